The summed E-state index contributed by atoms with van der Waals surface area (Å²) in [5.41, 5.74) is 0.618. The zero-order valence-electron chi connectivity index (χ0n) is 7.41. The molecule has 0 aliphatic carbocycles. The van der Waals surface area contributed by atoms with Crippen molar-refractivity contribution in [2.75, 3.05) is 7.11 Å². The van der Waals surface area contributed by atoms with Gasteiger partial charge >= 0.3 is 5.97 Å². The van der Waals surface area contributed by atoms with Crippen molar-refractivity contribution >= 4 is 40.2 Å². The molecule has 0 spiro atoms. The number of aromatic nitrogens is 4. The maximum atomic E-state index is 11.3. The highest BCUT2D eigenvalue weighted by molar-refractivity contribution is 6.35. The number of fused-ring (bicyclic) bond motifs is 1. The van der Waals surface area contributed by atoms with Crippen LogP contribution in [-0.4, -0.2) is 33.2 Å². The Kier molecular flexibility index (Phi) is 2.45. The highest BCUT2D eigenvalue weighted by Gasteiger charge is 2.18. The number of H-pyrrole nitrogens is 1. The second-order valence-electron chi connectivity index (χ2n) is 2.57. The lowest BCUT2D eigenvalue weighted by atomic mass is 10.3. The van der Waals surface area contributed by atoms with Gasteiger partial charge in [0.25, 0.3) is 0 Å². The Bertz CT molecular complexity index is 539. The Hall–Kier alpha value is -1.40. The van der Waals surface area contributed by atoms with E-state index in [0.717, 1.165) is 0 Å². The molecule has 0 aliphatic rings. The van der Waals surface area contributed by atoms with E-state index < -0.39 is 5.97 Å². The van der Waals surface area contributed by atoms with Crippen molar-refractivity contribution < 1.29 is 9.53 Å². The van der Waals surface area contributed by atoms with Gasteiger partial charge in [0.2, 0.25) is 5.28 Å². The monoisotopic (exact) mass is 246 g/mol. The fourth-order valence-electron chi connectivity index (χ4n) is 1.08. The van der Waals surface area contributed by atoms with E-state index in [1.165, 1.54) is 7.11 Å². The zero-order chi connectivity index (χ0) is 11.0. The molecule has 0 bridgehead atoms. The van der Waals surface area contributed by atoms with Crippen LogP contribution < -0.4 is 0 Å². The van der Waals surface area contributed by atoms with Crippen molar-refractivity contribution in [3.05, 3.63) is 16.1 Å². The van der Waals surface area contributed by atoms with Crippen molar-refractivity contribution in [3.63, 3.8) is 0 Å². The Morgan fingerprint density at radius 2 is 2.07 bits per heavy atom. The van der Waals surface area contributed by atoms with Gasteiger partial charge in [0, 0.05) is 0 Å². The number of esters is 1. The number of nitrogens with one attached hydrogen (secondary N) is 1. The molecule has 2 heterocycles. The molecule has 2 rings (SSSR count). The quantitative estimate of drug-likeness (QED) is 0.468. The molecule has 0 radical (unpaired) electrons. The number of carbonyl (C=O) groups is 1. The van der Waals surface area contributed by atoms with Crippen LogP contribution in [0.5, 0.6) is 0 Å². The van der Waals surface area contributed by atoms with Gasteiger partial charge in [0.1, 0.15) is 11.0 Å². The lowest BCUT2D eigenvalue weighted by molar-refractivity contribution is 0.0596. The maximum Gasteiger partial charge on any atom is 0.358 e. The zero-order valence-corrected chi connectivity index (χ0v) is 8.93. The lowest BCUT2D eigenvalue weighted by Crippen LogP contribution is -2.02. The Morgan fingerprint density at radius 1 is 1.33 bits per heavy atom. The molecular weight excluding hydrogens is 243 g/mol. The second-order valence-corrected chi connectivity index (χ2v) is 3.27. The molecule has 2 aromatic rings. The number of aromatic amines is 1. The number of carbonyl (C=O) groups excluding carboxylic acids is 1. The van der Waals surface area contributed by atoms with Gasteiger partial charge in [0.15, 0.2) is 10.8 Å². The summed E-state index contributed by atoms with van der Waals surface area (Å²) in [7, 11) is 1.25. The van der Waals surface area contributed by atoms with Gasteiger partial charge in [-0.05, 0) is 11.6 Å². The molecule has 0 atom stereocenters. The van der Waals surface area contributed by atoms with Crippen LogP contribution in [0.1, 0.15) is 10.5 Å². The van der Waals surface area contributed by atoms with Gasteiger partial charge in [-0.2, -0.15) is 5.10 Å². The first-order valence-electron chi connectivity index (χ1n) is 3.79. The maximum absolute atomic E-state index is 11.3. The van der Waals surface area contributed by atoms with Crippen LogP contribution in [0.3, 0.4) is 0 Å². The second kappa shape index (κ2) is 3.63. The predicted octanol–water partition coefficient (Wildman–Crippen LogP) is 1.45. The summed E-state index contributed by atoms with van der Waals surface area (Å²) in [6.45, 7) is 0. The summed E-state index contributed by atoms with van der Waals surface area (Å²) in [6, 6.07) is 0. The number of halogens is 2. The van der Waals surface area contributed by atoms with Gasteiger partial charge in [0.05, 0.1) is 7.11 Å². The molecule has 0 saturated carbocycles. The number of methoxy groups -OCH3 is 1. The first-order chi connectivity index (χ1) is 7.13. The summed E-state index contributed by atoms with van der Waals surface area (Å²) >= 11 is 11.4. The summed E-state index contributed by atoms with van der Waals surface area (Å²) in [4.78, 5) is 18.8. The van der Waals surface area contributed by atoms with Crippen LogP contribution in [0, 0.1) is 0 Å². The summed E-state index contributed by atoms with van der Waals surface area (Å²) in [5, 5.41) is 6.27. The van der Waals surface area contributed by atoms with Crippen LogP contribution in [0.15, 0.2) is 0 Å². The predicted molar refractivity (Wildman–Crippen MR) is 53.0 cm³/mol. The standard InChI is InChI=1S/C7H4Cl2N4O2/c1-15-6(14)4-2-3(12-13-4)5(8)11-7(9)10-2/h1H3,(H,12,13). The van der Waals surface area contributed by atoms with E-state index in [9.17, 15) is 4.79 Å². The van der Waals surface area contributed by atoms with Gasteiger partial charge in [-0.3, -0.25) is 5.10 Å². The van der Waals surface area contributed by atoms with Gasteiger partial charge in [-0.1, -0.05) is 11.6 Å². The molecule has 6 nitrogen and oxygen atoms in total. The van der Waals surface area contributed by atoms with E-state index in [-0.39, 0.29) is 27.2 Å². The third-order valence-corrected chi connectivity index (χ3v) is 2.15. The van der Waals surface area contributed by atoms with E-state index >= 15 is 0 Å². The topological polar surface area (TPSA) is 80.8 Å². The van der Waals surface area contributed by atoms with Crippen molar-refractivity contribution in [2.45, 2.75) is 0 Å². The Labute approximate surface area is 93.6 Å². The Balaban J connectivity index is 2.74. The highest BCUT2D eigenvalue weighted by atomic mass is 35.5. The highest BCUT2D eigenvalue weighted by Crippen LogP contribution is 2.22. The minimum absolute atomic E-state index is 0.0564. The average molecular weight is 247 g/mol. The van der Waals surface area contributed by atoms with Crippen LogP contribution >= 0.6 is 23.2 Å². The third-order valence-electron chi connectivity index (χ3n) is 1.72. The van der Waals surface area contributed by atoms with E-state index in [1.54, 1.807) is 0 Å². The van der Waals surface area contributed by atoms with Crippen molar-refractivity contribution in [1.29, 1.82) is 0 Å². The van der Waals surface area contributed by atoms with E-state index in [1.807, 2.05) is 0 Å². The fourth-order valence-corrected chi connectivity index (χ4v) is 1.51. The largest absolute Gasteiger partial charge is 0.464 e. The lowest BCUT2D eigenvalue weighted by Gasteiger charge is -1.95. The number of rotatable bonds is 1. The molecule has 0 aliphatic heterocycles. The van der Waals surface area contributed by atoms with Gasteiger partial charge in [-0.15, -0.1) is 0 Å². The van der Waals surface area contributed by atoms with Crippen LogP contribution in [-0.2, 0) is 4.74 Å². The summed E-state index contributed by atoms with van der Waals surface area (Å²) in [6.07, 6.45) is 0. The van der Waals surface area contributed by atoms with E-state index in [2.05, 4.69) is 24.9 Å². The van der Waals surface area contributed by atoms with Crippen molar-refractivity contribution in [1.82, 2.24) is 20.2 Å². The first-order valence-corrected chi connectivity index (χ1v) is 4.54. The normalized spacial score (nSPS) is 10.6. The fraction of sp³-hybridized carbons (Fsp3) is 0.143. The van der Waals surface area contributed by atoms with Crippen LogP contribution in [0.2, 0.25) is 10.4 Å². The summed E-state index contributed by atoms with van der Waals surface area (Å²) < 4.78 is 4.53. The number of hydrogen-bond acceptors (Lipinski definition) is 5. The average Bonchev–Trinajstić information content (AvgIpc) is 2.60. The number of hydrogen-bond donors (Lipinski definition) is 1. The Morgan fingerprint density at radius 3 is 2.73 bits per heavy atom. The third kappa shape index (κ3) is 1.62. The van der Waals surface area contributed by atoms with Gasteiger partial charge in [-0.25, -0.2) is 14.8 Å². The molecular formula is C7H4Cl2N4O2. The van der Waals surface area contributed by atoms with Crippen LogP contribution in [0.25, 0.3) is 11.0 Å². The number of nitrogens with zero attached hydrogens (tertiary/aromatic N) is 3. The van der Waals surface area contributed by atoms with E-state index in [0.29, 0.717) is 0 Å². The summed E-state index contributed by atoms with van der Waals surface area (Å²) in [5.74, 6) is -0.594. The van der Waals surface area contributed by atoms with E-state index in [4.69, 9.17) is 23.2 Å². The SMILES string of the molecule is COC(=O)c1[nH]nc2c(Cl)nc(Cl)nc12. The molecule has 2 aromatic heterocycles. The molecule has 1 N–H and O–H groups in total. The molecule has 0 saturated heterocycles. The molecule has 15 heavy (non-hydrogen) atoms. The minimum atomic E-state index is -0.594. The van der Waals surface area contributed by atoms with Crippen molar-refractivity contribution in [2.24, 2.45) is 0 Å². The smallest absolute Gasteiger partial charge is 0.358 e. The molecule has 0 amide bonds. The molecule has 78 valence electrons. The first kappa shape index (κ1) is 10.1. The van der Waals surface area contributed by atoms with Gasteiger partial charge < -0.3 is 4.74 Å². The molecule has 0 fully saturated rings. The molecule has 0 aromatic carbocycles. The number of ether oxygens (including phenoxy) is 1. The van der Waals surface area contributed by atoms with Crippen molar-refractivity contribution in [3.8, 4) is 0 Å². The molecule has 0 unspecified atom stereocenters. The van der Waals surface area contributed by atoms with Crippen LogP contribution in [0.4, 0.5) is 0 Å². The molecule has 8 heteroatoms. The minimum Gasteiger partial charge on any atom is -0.464 e.